The van der Waals surface area contributed by atoms with Crippen LogP contribution in [0.3, 0.4) is 0 Å². The lowest BCUT2D eigenvalue weighted by Crippen LogP contribution is -1.95. The molecule has 3 rings (SSSR count). The van der Waals surface area contributed by atoms with Crippen LogP contribution in [0.1, 0.15) is 0 Å². The Labute approximate surface area is 112 Å². The summed E-state index contributed by atoms with van der Waals surface area (Å²) in [6, 6.07) is 9.72. The molecule has 3 aromatic rings. The molecule has 0 spiro atoms. The van der Waals surface area contributed by atoms with Crippen molar-refractivity contribution in [2.24, 2.45) is 0 Å². The Morgan fingerprint density at radius 3 is 2.94 bits per heavy atom. The smallest absolute Gasteiger partial charge is 0.153 e. The Morgan fingerprint density at radius 1 is 1.22 bits per heavy atom. The maximum atomic E-state index is 5.36. The molecular weight excluding hydrogens is 294 g/mol. The number of rotatable bonds is 2. The van der Waals surface area contributed by atoms with Gasteiger partial charge in [-0.3, -0.25) is 0 Å². The molecule has 4 nitrogen and oxygen atoms in total. The number of ether oxygens (including phenoxy) is 1. The molecule has 0 bridgehead atoms. The molecule has 18 heavy (non-hydrogen) atoms. The molecule has 0 saturated carbocycles. The zero-order chi connectivity index (χ0) is 12.5. The van der Waals surface area contributed by atoms with Crippen LogP contribution < -0.4 is 4.74 Å². The van der Waals surface area contributed by atoms with Crippen LogP contribution in [-0.4, -0.2) is 21.7 Å². The van der Waals surface area contributed by atoms with Crippen molar-refractivity contribution in [3.63, 3.8) is 0 Å². The number of benzene rings is 1. The highest BCUT2D eigenvalue weighted by Crippen LogP contribution is 2.31. The molecule has 2 aromatic heterocycles. The van der Waals surface area contributed by atoms with E-state index in [0.717, 1.165) is 27.1 Å². The van der Waals surface area contributed by atoms with E-state index in [2.05, 4.69) is 26.0 Å². The summed E-state index contributed by atoms with van der Waals surface area (Å²) < 4.78 is 8.10. The van der Waals surface area contributed by atoms with Crippen molar-refractivity contribution >= 4 is 21.6 Å². The first-order valence-corrected chi connectivity index (χ1v) is 6.21. The summed E-state index contributed by atoms with van der Waals surface area (Å²) in [7, 11) is 1.66. The van der Waals surface area contributed by atoms with Crippen molar-refractivity contribution in [1.82, 2.24) is 14.6 Å². The van der Waals surface area contributed by atoms with Crippen molar-refractivity contribution in [2.45, 2.75) is 0 Å². The van der Waals surface area contributed by atoms with E-state index in [4.69, 9.17) is 4.74 Å². The van der Waals surface area contributed by atoms with Gasteiger partial charge in [-0.25, -0.2) is 9.50 Å². The van der Waals surface area contributed by atoms with E-state index in [1.165, 1.54) is 0 Å². The third-order valence-electron chi connectivity index (χ3n) is 2.69. The zero-order valence-electron chi connectivity index (χ0n) is 9.67. The zero-order valence-corrected chi connectivity index (χ0v) is 11.3. The van der Waals surface area contributed by atoms with Gasteiger partial charge in [0.2, 0.25) is 0 Å². The molecule has 0 aliphatic rings. The Balaban J connectivity index is 2.21. The number of hydrogen-bond donors (Lipinski definition) is 0. The van der Waals surface area contributed by atoms with E-state index in [1.807, 2.05) is 36.5 Å². The van der Waals surface area contributed by atoms with E-state index >= 15 is 0 Å². The summed E-state index contributed by atoms with van der Waals surface area (Å²) in [5.74, 6) is 0.796. The number of halogens is 1. The highest BCUT2D eigenvalue weighted by Gasteiger charge is 2.09. The Kier molecular flexibility index (Phi) is 2.76. The average molecular weight is 304 g/mol. The van der Waals surface area contributed by atoms with Crippen molar-refractivity contribution in [2.75, 3.05) is 7.11 Å². The van der Waals surface area contributed by atoms with E-state index in [0.29, 0.717) is 0 Å². The van der Waals surface area contributed by atoms with Gasteiger partial charge in [-0.2, -0.15) is 5.10 Å². The minimum Gasteiger partial charge on any atom is -0.496 e. The molecule has 0 radical (unpaired) electrons. The predicted octanol–water partition coefficient (Wildman–Crippen LogP) is 3.17. The summed E-state index contributed by atoms with van der Waals surface area (Å²) in [5.41, 5.74) is 2.62. The SMILES string of the molecule is COc1ccc(Br)cc1-c1ccc2nccn2n1. The Hall–Kier alpha value is -1.88. The van der Waals surface area contributed by atoms with Gasteiger partial charge in [0.25, 0.3) is 0 Å². The summed E-state index contributed by atoms with van der Waals surface area (Å²) in [6.45, 7) is 0. The average Bonchev–Trinajstić information content (AvgIpc) is 2.85. The second kappa shape index (κ2) is 4.42. The number of imidazole rings is 1. The van der Waals surface area contributed by atoms with E-state index in [-0.39, 0.29) is 0 Å². The van der Waals surface area contributed by atoms with E-state index < -0.39 is 0 Å². The Bertz CT molecular complexity index is 708. The lowest BCUT2D eigenvalue weighted by molar-refractivity contribution is 0.416. The number of methoxy groups -OCH3 is 1. The van der Waals surface area contributed by atoms with Crippen LogP contribution >= 0.6 is 15.9 Å². The van der Waals surface area contributed by atoms with Crippen molar-refractivity contribution < 1.29 is 4.74 Å². The van der Waals surface area contributed by atoms with Crippen LogP contribution in [0, 0.1) is 0 Å². The third kappa shape index (κ3) is 1.86. The Morgan fingerprint density at radius 2 is 2.11 bits per heavy atom. The lowest BCUT2D eigenvalue weighted by Gasteiger charge is -2.08. The molecule has 5 heteroatoms. The minimum absolute atomic E-state index is 0.796. The molecule has 0 fully saturated rings. The van der Waals surface area contributed by atoms with Gasteiger partial charge in [-0.15, -0.1) is 0 Å². The fourth-order valence-corrected chi connectivity index (χ4v) is 2.20. The van der Waals surface area contributed by atoms with Crippen molar-refractivity contribution in [3.05, 3.63) is 47.2 Å². The number of nitrogens with zero attached hydrogens (tertiary/aromatic N) is 3. The first kappa shape index (κ1) is 11.2. The van der Waals surface area contributed by atoms with Gasteiger partial charge >= 0.3 is 0 Å². The van der Waals surface area contributed by atoms with E-state index in [1.54, 1.807) is 17.8 Å². The van der Waals surface area contributed by atoms with Crippen molar-refractivity contribution in [1.29, 1.82) is 0 Å². The molecular formula is C13H10BrN3O. The molecule has 2 heterocycles. The molecule has 0 aliphatic heterocycles. The molecule has 0 unspecified atom stereocenters. The van der Waals surface area contributed by atoms with Gasteiger partial charge < -0.3 is 4.74 Å². The summed E-state index contributed by atoms with van der Waals surface area (Å²) >= 11 is 3.46. The molecule has 90 valence electrons. The lowest BCUT2D eigenvalue weighted by atomic mass is 10.1. The highest BCUT2D eigenvalue weighted by atomic mass is 79.9. The van der Waals surface area contributed by atoms with Gasteiger partial charge in [-0.05, 0) is 30.3 Å². The first-order valence-electron chi connectivity index (χ1n) is 5.42. The number of aromatic nitrogens is 3. The second-order valence-corrected chi connectivity index (χ2v) is 4.71. The molecule has 0 aliphatic carbocycles. The van der Waals surface area contributed by atoms with Crippen LogP contribution in [-0.2, 0) is 0 Å². The van der Waals surface area contributed by atoms with Crippen LogP contribution in [0.5, 0.6) is 5.75 Å². The second-order valence-electron chi connectivity index (χ2n) is 3.79. The number of fused-ring (bicyclic) bond motifs is 1. The first-order chi connectivity index (χ1) is 8.78. The maximum absolute atomic E-state index is 5.36. The maximum Gasteiger partial charge on any atom is 0.153 e. The third-order valence-corrected chi connectivity index (χ3v) is 3.19. The minimum atomic E-state index is 0.796. The van der Waals surface area contributed by atoms with E-state index in [9.17, 15) is 0 Å². The number of hydrogen-bond acceptors (Lipinski definition) is 3. The normalized spacial score (nSPS) is 10.8. The van der Waals surface area contributed by atoms with Crippen molar-refractivity contribution in [3.8, 4) is 17.0 Å². The topological polar surface area (TPSA) is 39.4 Å². The van der Waals surface area contributed by atoms with Crippen LogP contribution in [0.25, 0.3) is 16.9 Å². The fraction of sp³-hybridized carbons (Fsp3) is 0.0769. The summed E-state index contributed by atoms with van der Waals surface area (Å²) in [4.78, 5) is 4.17. The van der Waals surface area contributed by atoms with Gasteiger partial charge in [0.15, 0.2) is 5.65 Å². The molecule has 0 atom stereocenters. The van der Waals surface area contributed by atoms with Crippen LogP contribution in [0.4, 0.5) is 0 Å². The molecule has 0 saturated heterocycles. The highest BCUT2D eigenvalue weighted by molar-refractivity contribution is 9.10. The standard InChI is InChI=1S/C13H10BrN3O/c1-18-12-4-2-9(14)8-10(12)11-3-5-13-15-6-7-17(13)16-11/h2-8H,1H3. The largest absolute Gasteiger partial charge is 0.496 e. The quantitative estimate of drug-likeness (QED) is 0.730. The molecule has 1 aromatic carbocycles. The van der Waals surface area contributed by atoms with Gasteiger partial charge in [0.05, 0.1) is 12.8 Å². The fourth-order valence-electron chi connectivity index (χ4n) is 1.84. The summed E-state index contributed by atoms with van der Waals surface area (Å²) in [5, 5.41) is 4.51. The van der Waals surface area contributed by atoms with Crippen LogP contribution in [0.2, 0.25) is 0 Å². The predicted molar refractivity (Wildman–Crippen MR) is 72.7 cm³/mol. The summed E-state index contributed by atoms with van der Waals surface area (Å²) in [6.07, 6.45) is 3.55. The van der Waals surface area contributed by atoms with Gasteiger partial charge in [-0.1, -0.05) is 15.9 Å². The molecule has 0 N–H and O–H groups in total. The monoisotopic (exact) mass is 303 g/mol. The van der Waals surface area contributed by atoms with Gasteiger partial charge in [0, 0.05) is 22.4 Å². The molecule has 0 amide bonds. The van der Waals surface area contributed by atoms with Crippen LogP contribution in [0.15, 0.2) is 47.2 Å². The van der Waals surface area contributed by atoms with Gasteiger partial charge in [0.1, 0.15) is 5.75 Å².